The number of fused-ring (bicyclic) bond motifs is 6. The van der Waals surface area contributed by atoms with Gasteiger partial charge in [0, 0.05) is 36.3 Å². The molecule has 4 aliphatic rings. The Morgan fingerprint density at radius 2 is 1.79 bits per heavy atom. The second-order valence-electron chi connectivity index (χ2n) is 12.7. The summed E-state index contributed by atoms with van der Waals surface area (Å²) in [5, 5.41) is 11.0. The van der Waals surface area contributed by atoms with Crippen molar-refractivity contribution in [3.05, 3.63) is 27.8 Å². The molecule has 2 heterocycles. The minimum absolute atomic E-state index is 0.0639. The first kappa shape index (κ1) is 23.9. The molecule has 6 nitrogen and oxygen atoms in total. The van der Waals surface area contributed by atoms with Crippen molar-refractivity contribution in [2.45, 2.75) is 98.2 Å². The molecule has 0 saturated heterocycles. The van der Waals surface area contributed by atoms with Gasteiger partial charge in [-0.2, -0.15) is 0 Å². The average Bonchev–Trinajstić information content (AvgIpc) is 2.73. The number of hydrogen-bond donors (Lipinski definition) is 1. The first-order chi connectivity index (χ1) is 15.9. The lowest BCUT2D eigenvalue weighted by molar-refractivity contribution is -0.243. The second kappa shape index (κ2) is 7.59. The van der Waals surface area contributed by atoms with Crippen molar-refractivity contribution < 1.29 is 23.8 Å². The third kappa shape index (κ3) is 3.16. The topological polar surface area (TPSA) is 86.0 Å². The summed E-state index contributed by atoms with van der Waals surface area (Å²) in [6.07, 6.45) is 6.05. The second-order valence-corrected chi connectivity index (χ2v) is 12.7. The first-order valence-electron chi connectivity index (χ1n) is 13.0. The number of carbonyl (C=O) groups excluding carboxylic acids is 1. The molecule has 3 saturated carbocycles. The number of aryl methyl sites for hydroxylation is 1. The Morgan fingerprint density at radius 3 is 2.47 bits per heavy atom. The maximum atomic E-state index is 12.8. The molecule has 5 rings (SSSR count). The van der Waals surface area contributed by atoms with E-state index in [1.165, 1.54) is 6.92 Å². The molecule has 0 bridgehead atoms. The number of hydrogen-bond acceptors (Lipinski definition) is 6. The minimum atomic E-state index is -0.341. The molecule has 1 N–H and O–H groups in total. The van der Waals surface area contributed by atoms with Gasteiger partial charge in [0.2, 0.25) is 0 Å². The fourth-order valence-electron chi connectivity index (χ4n) is 9.23. The first-order valence-corrected chi connectivity index (χ1v) is 13.0. The zero-order valence-corrected chi connectivity index (χ0v) is 21.5. The molecule has 3 aliphatic carbocycles. The van der Waals surface area contributed by atoms with E-state index in [0.717, 1.165) is 38.5 Å². The van der Waals surface area contributed by atoms with Crippen molar-refractivity contribution in [3.8, 4) is 5.75 Å². The highest BCUT2D eigenvalue weighted by atomic mass is 16.5. The summed E-state index contributed by atoms with van der Waals surface area (Å²) in [4.78, 5) is 24.6. The zero-order valence-electron chi connectivity index (χ0n) is 21.5. The highest BCUT2D eigenvalue weighted by molar-refractivity contribution is 5.66. The van der Waals surface area contributed by atoms with Crippen LogP contribution >= 0.6 is 0 Å². The number of esters is 1. The van der Waals surface area contributed by atoms with E-state index in [-0.39, 0.29) is 58.0 Å². The van der Waals surface area contributed by atoms with Gasteiger partial charge >= 0.3 is 11.6 Å². The summed E-state index contributed by atoms with van der Waals surface area (Å²) < 4.78 is 17.8. The van der Waals surface area contributed by atoms with Gasteiger partial charge in [-0.15, -0.1) is 0 Å². The summed E-state index contributed by atoms with van der Waals surface area (Å²) in [5.41, 5.74) is -0.446. The Kier molecular flexibility index (Phi) is 5.33. The van der Waals surface area contributed by atoms with Crippen molar-refractivity contribution in [2.24, 2.45) is 34.0 Å². The molecular formula is C28H40O6. The van der Waals surface area contributed by atoms with E-state index in [2.05, 4.69) is 27.7 Å². The van der Waals surface area contributed by atoms with Crippen LogP contribution in [0.1, 0.15) is 84.5 Å². The van der Waals surface area contributed by atoms with Crippen molar-refractivity contribution in [2.75, 3.05) is 6.61 Å². The maximum absolute atomic E-state index is 12.8. The molecular weight excluding hydrogens is 432 g/mol. The van der Waals surface area contributed by atoms with Crippen molar-refractivity contribution in [3.63, 3.8) is 0 Å². The lowest BCUT2D eigenvalue weighted by atomic mass is 9.37. The van der Waals surface area contributed by atoms with E-state index >= 15 is 0 Å². The SMILES string of the molecule is CC(=O)O[C@H]1CC[C@@]2(CO)[C@@H](CC[C@]3(C)[C@@H]2CC[C@]2(C)Oc4cc(C)oc(=O)c4C[C@@H]32)C1(C)C. The molecule has 0 amide bonds. The van der Waals surface area contributed by atoms with Gasteiger partial charge in [0.25, 0.3) is 0 Å². The van der Waals surface area contributed by atoms with Crippen LogP contribution in [0.4, 0.5) is 0 Å². The van der Waals surface area contributed by atoms with E-state index in [1.54, 1.807) is 6.92 Å². The molecule has 0 unspecified atom stereocenters. The molecule has 0 spiro atoms. The van der Waals surface area contributed by atoms with Crippen LogP contribution in [-0.4, -0.2) is 29.4 Å². The number of carbonyl (C=O) groups is 1. The fourth-order valence-corrected chi connectivity index (χ4v) is 9.23. The van der Waals surface area contributed by atoms with E-state index in [0.29, 0.717) is 29.4 Å². The van der Waals surface area contributed by atoms with Crippen LogP contribution in [-0.2, 0) is 16.0 Å². The van der Waals surface area contributed by atoms with E-state index in [1.807, 2.05) is 6.07 Å². The van der Waals surface area contributed by atoms with Crippen LogP contribution in [0.2, 0.25) is 0 Å². The molecule has 1 aliphatic heterocycles. The summed E-state index contributed by atoms with van der Waals surface area (Å²) >= 11 is 0. The third-order valence-corrected chi connectivity index (χ3v) is 10.7. The Bertz CT molecular complexity index is 1060. The van der Waals surface area contributed by atoms with E-state index in [4.69, 9.17) is 13.9 Å². The average molecular weight is 473 g/mol. The molecule has 1 aromatic heterocycles. The van der Waals surface area contributed by atoms with Gasteiger partial charge in [0.05, 0.1) is 5.56 Å². The van der Waals surface area contributed by atoms with Crippen molar-refractivity contribution >= 4 is 5.97 Å². The van der Waals surface area contributed by atoms with Crippen molar-refractivity contribution in [1.29, 1.82) is 0 Å². The molecule has 34 heavy (non-hydrogen) atoms. The molecule has 188 valence electrons. The molecule has 3 fully saturated rings. The number of rotatable bonds is 2. The molecule has 7 atom stereocenters. The normalized spacial score (nSPS) is 42.3. The van der Waals surface area contributed by atoms with Gasteiger partial charge in [0.15, 0.2) is 0 Å². The summed E-state index contributed by atoms with van der Waals surface area (Å²) in [7, 11) is 0. The zero-order chi connectivity index (χ0) is 24.7. The molecule has 0 radical (unpaired) electrons. The Morgan fingerprint density at radius 1 is 1.09 bits per heavy atom. The smallest absolute Gasteiger partial charge is 0.342 e. The van der Waals surface area contributed by atoms with E-state index in [9.17, 15) is 14.7 Å². The summed E-state index contributed by atoms with van der Waals surface area (Å²) in [6.45, 7) is 12.5. The van der Waals surface area contributed by atoms with Crippen LogP contribution < -0.4 is 10.4 Å². The number of ether oxygens (including phenoxy) is 2. The molecule has 0 aromatic carbocycles. The van der Waals surface area contributed by atoms with E-state index < -0.39 is 0 Å². The lowest BCUT2D eigenvalue weighted by Crippen LogP contribution is -2.68. The highest BCUT2D eigenvalue weighted by Gasteiger charge is 2.68. The lowest BCUT2D eigenvalue weighted by Gasteiger charge is -2.69. The predicted molar refractivity (Wildman–Crippen MR) is 128 cm³/mol. The van der Waals surface area contributed by atoms with Gasteiger partial charge < -0.3 is 19.0 Å². The van der Waals surface area contributed by atoms with Crippen LogP contribution in [0.25, 0.3) is 0 Å². The minimum Gasteiger partial charge on any atom is -0.487 e. The Labute approximate surface area is 202 Å². The maximum Gasteiger partial charge on any atom is 0.342 e. The number of aliphatic hydroxyl groups is 1. The Hall–Kier alpha value is -1.82. The summed E-state index contributed by atoms with van der Waals surface area (Å²) in [6, 6.07) is 1.86. The van der Waals surface area contributed by atoms with Crippen LogP contribution in [0, 0.1) is 40.9 Å². The van der Waals surface area contributed by atoms with Crippen LogP contribution in [0.5, 0.6) is 5.75 Å². The van der Waals surface area contributed by atoms with Crippen LogP contribution in [0.3, 0.4) is 0 Å². The standard InChI is InChI=1S/C28H40O6/c1-16-13-19-18(24(31)32-16)14-22-26(5)10-7-20-25(3,4)23(33-17(2)30)9-12-28(20,15-29)21(26)8-11-27(22,6)34-19/h13,20-23,29H,7-12,14-15H2,1-6H3/t20-,21-,22-,23-,26+,27-,28+/m0/s1. The van der Waals surface area contributed by atoms with Crippen LogP contribution in [0.15, 0.2) is 15.3 Å². The monoisotopic (exact) mass is 472 g/mol. The van der Waals surface area contributed by atoms with Gasteiger partial charge in [-0.3, -0.25) is 4.79 Å². The number of aliphatic hydroxyl groups excluding tert-OH is 1. The Balaban J connectivity index is 1.54. The quantitative estimate of drug-likeness (QED) is 0.622. The third-order valence-electron chi connectivity index (χ3n) is 10.7. The predicted octanol–water partition coefficient (Wildman–Crippen LogP) is 4.81. The van der Waals surface area contributed by atoms with Crippen molar-refractivity contribution in [1.82, 2.24) is 0 Å². The van der Waals surface area contributed by atoms with Gasteiger partial charge in [-0.05, 0) is 76.0 Å². The fraction of sp³-hybridized carbons (Fsp3) is 0.786. The molecule has 1 aromatic rings. The van der Waals surface area contributed by atoms with Gasteiger partial charge in [-0.25, -0.2) is 4.79 Å². The molecule has 6 heteroatoms. The van der Waals surface area contributed by atoms with Gasteiger partial charge in [0.1, 0.15) is 23.2 Å². The highest BCUT2D eigenvalue weighted by Crippen LogP contribution is 2.70. The summed E-state index contributed by atoms with van der Waals surface area (Å²) in [5.74, 6) is 1.81. The largest absolute Gasteiger partial charge is 0.487 e. The van der Waals surface area contributed by atoms with Gasteiger partial charge in [-0.1, -0.05) is 20.8 Å².